The van der Waals surface area contributed by atoms with Gasteiger partial charge in [-0.2, -0.15) is 5.10 Å². The van der Waals surface area contributed by atoms with Crippen LogP contribution in [0.4, 0.5) is 13.2 Å². The molecule has 0 atom stereocenters. The molecule has 3 nitrogen and oxygen atoms in total. The number of rotatable bonds is 2. The Bertz CT molecular complexity index is 634. The van der Waals surface area contributed by atoms with E-state index in [4.69, 9.17) is 0 Å². The van der Waals surface area contributed by atoms with E-state index in [-0.39, 0.29) is 5.56 Å². The van der Waals surface area contributed by atoms with Gasteiger partial charge in [-0.25, -0.2) is 13.2 Å². The topological polar surface area (TPSA) is 34.9 Å². The fourth-order valence-corrected chi connectivity index (χ4v) is 1.57. The number of hydrogen-bond acceptors (Lipinski definition) is 2. The van der Waals surface area contributed by atoms with E-state index < -0.39 is 28.8 Å². The minimum Gasteiger partial charge on any atom is -0.288 e. The number of nitrogens with zero attached hydrogens (tertiary/aromatic N) is 2. The van der Waals surface area contributed by atoms with Gasteiger partial charge >= 0.3 is 0 Å². The van der Waals surface area contributed by atoms with Crippen LogP contribution in [0.2, 0.25) is 0 Å². The van der Waals surface area contributed by atoms with Crippen molar-refractivity contribution in [1.82, 2.24) is 9.78 Å². The summed E-state index contributed by atoms with van der Waals surface area (Å²) < 4.78 is 40.7. The first-order valence-electron chi connectivity index (χ1n) is 5.10. The number of aryl methyl sites for hydroxylation is 1. The largest absolute Gasteiger partial charge is 0.288 e. The van der Waals surface area contributed by atoms with Gasteiger partial charge in [0, 0.05) is 12.7 Å². The molecule has 0 unspecified atom stereocenters. The minimum absolute atomic E-state index is 0.155. The molecule has 1 heterocycles. The lowest BCUT2D eigenvalue weighted by atomic mass is 10.0. The second-order valence-electron chi connectivity index (χ2n) is 3.82. The standard InChI is InChI=1S/C12H9F3N2O/c1-6-8(5-16-17(6)2)12(18)7-3-4-9(13)11(15)10(7)14/h3-5H,1-2H3. The number of carbonyl (C=O) groups is 1. The van der Waals surface area contributed by atoms with E-state index in [1.165, 1.54) is 10.9 Å². The second-order valence-corrected chi connectivity index (χ2v) is 3.82. The Morgan fingerprint density at radius 1 is 1.17 bits per heavy atom. The summed E-state index contributed by atoms with van der Waals surface area (Å²) >= 11 is 0. The average Bonchev–Trinajstić information content (AvgIpc) is 2.67. The fourth-order valence-electron chi connectivity index (χ4n) is 1.57. The summed E-state index contributed by atoms with van der Waals surface area (Å²) in [7, 11) is 1.62. The monoisotopic (exact) mass is 254 g/mol. The zero-order chi connectivity index (χ0) is 13.4. The summed E-state index contributed by atoms with van der Waals surface area (Å²) in [4.78, 5) is 12.0. The van der Waals surface area contributed by atoms with Gasteiger partial charge in [0.1, 0.15) is 0 Å². The molecule has 0 amide bonds. The first-order valence-corrected chi connectivity index (χ1v) is 5.10. The second kappa shape index (κ2) is 4.29. The minimum atomic E-state index is -1.65. The Morgan fingerprint density at radius 2 is 1.83 bits per heavy atom. The highest BCUT2D eigenvalue weighted by Crippen LogP contribution is 2.19. The summed E-state index contributed by atoms with van der Waals surface area (Å²) in [5, 5.41) is 3.84. The summed E-state index contributed by atoms with van der Waals surface area (Å²) in [5.74, 6) is -5.19. The Kier molecular flexibility index (Phi) is 2.94. The molecule has 18 heavy (non-hydrogen) atoms. The number of ketones is 1. The average molecular weight is 254 g/mol. The van der Waals surface area contributed by atoms with Crippen LogP contribution in [0.5, 0.6) is 0 Å². The number of aromatic nitrogens is 2. The highest BCUT2D eigenvalue weighted by molar-refractivity contribution is 6.09. The van der Waals surface area contributed by atoms with Crippen LogP contribution < -0.4 is 0 Å². The Hall–Kier alpha value is -2.11. The van der Waals surface area contributed by atoms with Gasteiger partial charge in [-0.3, -0.25) is 9.48 Å². The molecule has 2 aromatic rings. The van der Waals surface area contributed by atoms with Gasteiger partial charge in [-0.15, -0.1) is 0 Å². The van der Waals surface area contributed by atoms with Gasteiger partial charge in [-0.05, 0) is 19.1 Å². The molecule has 0 radical (unpaired) electrons. The van der Waals surface area contributed by atoms with Crippen LogP contribution in [0.3, 0.4) is 0 Å². The lowest BCUT2D eigenvalue weighted by molar-refractivity contribution is 0.103. The van der Waals surface area contributed by atoms with Crippen molar-refractivity contribution >= 4 is 5.78 Å². The SMILES string of the molecule is Cc1c(C(=O)c2ccc(F)c(F)c2F)cnn1C. The predicted octanol–water partition coefficient (Wildman–Crippen LogP) is 2.38. The summed E-state index contributed by atoms with van der Waals surface area (Å²) in [6.45, 7) is 1.62. The van der Waals surface area contributed by atoms with Crippen LogP contribution in [0.1, 0.15) is 21.6 Å². The van der Waals surface area contributed by atoms with E-state index >= 15 is 0 Å². The van der Waals surface area contributed by atoms with Gasteiger partial charge in [-0.1, -0.05) is 0 Å². The van der Waals surface area contributed by atoms with Crippen LogP contribution in [0.15, 0.2) is 18.3 Å². The third-order valence-electron chi connectivity index (χ3n) is 2.76. The Balaban J connectivity index is 2.54. The van der Waals surface area contributed by atoms with E-state index in [2.05, 4.69) is 5.10 Å². The van der Waals surface area contributed by atoms with Crippen molar-refractivity contribution in [3.05, 3.63) is 52.6 Å². The van der Waals surface area contributed by atoms with Crippen LogP contribution in [-0.4, -0.2) is 15.6 Å². The molecule has 0 aliphatic carbocycles. The van der Waals surface area contributed by atoms with Gasteiger partial charge in [0.25, 0.3) is 0 Å². The van der Waals surface area contributed by atoms with Crippen molar-refractivity contribution in [2.24, 2.45) is 7.05 Å². The van der Waals surface area contributed by atoms with Crippen molar-refractivity contribution in [3.63, 3.8) is 0 Å². The lowest BCUT2D eigenvalue weighted by Crippen LogP contribution is -2.08. The molecular formula is C12H9F3N2O. The summed E-state index contributed by atoms with van der Waals surface area (Å²) in [6, 6.07) is 1.64. The molecule has 2 rings (SSSR count). The molecule has 94 valence electrons. The quantitative estimate of drug-likeness (QED) is 0.609. The Morgan fingerprint density at radius 3 is 2.39 bits per heavy atom. The van der Waals surface area contributed by atoms with Crippen molar-refractivity contribution in [2.75, 3.05) is 0 Å². The predicted molar refractivity (Wildman–Crippen MR) is 57.7 cm³/mol. The van der Waals surface area contributed by atoms with Crippen molar-refractivity contribution in [2.45, 2.75) is 6.92 Å². The van der Waals surface area contributed by atoms with E-state index in [1.54, 1.807) is 14.0 Å². The Labute approximate surface area is 101 Å². The van der Waals surface area contributed by atoms with E-state index in [1.807, 2.05) is 0 Å². The molecule has 0 fully saturated rings. The normalized spacial score (nSPS) is 10.7. The van der Waals surface area contributed by atoms with Gasteiger partial charge < -0.3 is 0 Å². The van der Waals surface area contributed by atoms with Crippen LogP contribution >= 0.6 is 0 Å². The molecule has 0 aliphatic rings. The van der Waals surface area contributed by atoms with Crippen molar-refractivity contribution in [3.8, 4) is 0 Å². The summed E-state index contributed by atoms with van der Waals surface area (Å²) in [6.07, 6.45) is 1.26. The smallest absolute Gasteiger partial charge is 0.199 e. The molecule has 1 aromatic carbocycles. The van der Waals surface area contributed by atoms with Crippen LogP contribution in [0, 0.1) is 24.4 Å². The first-order chi connectivity index (χ1) is 8.43. The molecule has 0 aliphatic heterocycles. The van der Waals surface area contributed by atoms with Crippen LogP contribution in [-0.2, 0) is 7.05 Å². The van der Waals surface area contributed by atoms with Crippen molar-refractivity contribution < 1.29 is 18.0 Å². The van der Waals surface area contributed by atoms with Gasteiger partial charge in [0.05, 0.1) is 17.3 Å². The molecule has 0 bridgehead atoms. The van der Waals surface area contributed by atoms with E-state index in [9.17, 15) is 18.0 Å². The molecule has 1 aromatic heterocycles. The van der Waals surface area contributed by atoms with E-state index in [0.717, 1.165) is 12.1 Å². The molecule has 0 spiro atoms. The summed E-state index contributed by atoms with van der Waals surface area (Å²) in [5.41, 5.74) is 0.163. The number of carbonyl (C=O) groups excluding carboxylic acids is 1. The number of benzene rings is 1. The third-order valence-corrected chi connectivity index (χ3v) is 2.76. The maximum Gasteiger partial charge on any atom is 0.199 e. The van der Waals surface area contributed by atoms with Gasteiger partial charge in [0.15, 0.2) is 23.2 Å². The molecular weight excluding hydrogens is 245 g/mol. The van der Waals surface area contributed by atoms with E-state index in [0.29, 0.717) is 5.69 Å². The molecule has 0 saturated carbocycles. The third kappa shape index (κ3) is 1.79. The zero-order valence-corrected chi connectivity index (χ0v) is 9.67. The zero-order valence-electron chi connectivity index (χ0n) is 9.67. The highest BCUT2D eigenvalue weighted by atomic mass is 19.2. The van der Waals surface area contributed by atoms with Crippen molar-refractivity contribution in [1.29, 1.82) is 0 Å². The molecule has 0 N–H and O–H groups in total. The fraction of sp³-hybridized carbons (Fsp3) is 0.167. The van der Waals surface area contributed by atoms with Crippen LogP contribution in [0.25, 0.3) is 0 Å². The first kappa shape index (κ1) is 12.3. The molecule has 0 saturated heterocycles. The lowest BCUT2D eigenvalue weighted by Gasteiger charge is -2.03. The maximum absolute atomic E-state index is 13.5. The number of halogens is 3. The highest BCUT2D eigenvalue weighted by Gasteiger charge is 2.22. The maximum atomic E-state index is 13.5. The van der Waals surface area contributed by atoms with Gasteiger partial charge in [0.2, 0.25) is 0 Å². The number of hydrogen-bond donors (Lipinski definition) is 0. The molecule has 6 heteroatoms.